The Morgan fingerprint density at radius 3 is 2.39 bits per heavy atom. The molecule has 1 aliphatic carbocycles. The maximum atomic E-state index is 6.24. The van der Waals surface area contributed by atoms with Gasteiger partial charge in [-0.3, -0.25) is 0 Å². The van der Waals surface area contributed by atoms with Gasteiger partial charge < -0.3 is 15.2 Å². The highest BCUT2D eigenvalue weighted by Crippen LogP contribution is 2.37. The topological polar surface area (TPSA) is 68.2 Å². The standard InChI is InChI=1S/C17H24N4O.ClH/c1-4-21(12(2)3)14-8-6-13(7-9-14)15-19-16(20-22-15)17(18)10-5-11-17;/h6-9,12H,4-5,10-11,18H2,1-3H3;1H. The van der Waals surface area contributed by atoms with Gasteiger partial charge in [-0.25, -0.2) is 0 Å². The van der Waals surface area contributed by atoms with Gasteiger partial charge in [0.2, 0.25) is 0 Å². The first-order valence-electron chi connectivity index (χ1n) is 8.03. The van der Waals surface area contributed by atoms with E-state index in [-0.39, 0.29) is 17.9 Å². The Morgan fingerprint density at radius 1 is 1.26 bits per heavy atom. The van der Waals surface area contributed by atoms with E-state index < -0.39 is 0 Å². The number of nitrogens with two attached hydrogens (primary N) is 1. The molecule has 1 saturated carbocycles. The fourth-order valence-corrected chi connectivity index (χ4v) is 2.97. The van der Waals surface area contributed by atoms with Crippen molar-refractivity contribution in [1.82, 2.24) is 10.1 Å². The summed E-state index contributed by atoms with van der Waals surface area (Å²) in [5.41, 5.74) is 8.00. The Kier molecular flexibility index (Phi) is 5.32. The highest BCUT2D eigenvalue weighted by Gasteiger charge is 2.39. The Morgan fingerprint density at radius 2 is 1.91 bits per heavy atom. The minimum absolute atomic E-state index is 0. The monoisotopic (exact) mass is 336 g/mol. The quantitative estimate of drug-likeness (QED) is 0.901. The van der Waals surface area contributed by atoms with Gasteiger partial charge in [-0.1, -0.05) is 5.16 Å². The third-order valence-corrected chi connectivity index (χ3v) is 4.53. The second kappa shape index (κ2) is 6.89. The lowest BCUT2D eigenvalue weighted by Gasteiger charge is -2.34. The van der Waals surface area contributed by atoms with Gasteiger partial charge in [0.25, 0.3) is 5.89 Å². The lowest BCUT2D eigenvalue weighted by atomic mass is 9.77. The molecule has 3 rings (SSSR count). The highest BCUT2D eigenvalue weighted by molar-refractivity contribution is 5.85. The van der Waals surface area contributed by atoms with Crippen molar-refractivity contribution in [1.29, 1.82) is 0 Å². The van der Waals surface area contributed by atoms with E-state index in [0.717, 1.165) is 31.4 Å². The van der Waals surface area contributed by atoms with Crippen molar-refractivity contribution in [2.45, 2.75) is 51.6 Å². The Balaban J connectivity index is 0.00000192. The van der Waals surface area contributed by atoms with E-state index in [2.05, 4.69) is 47.9 Å². The van der Waals surface area contributed by atoms with Gasteiger partial charge in [0, 0.05) is 23.8 Å². The molecule has 2 N–H and O–H groups in total. The van der Waals surface area contributed by atoms with Crippen LogP contribution in [-0.2, 0) is 5.54 Å². The zero-order valence-corrected chi connectivity index (χ0v) is 14.8. The van der Waals surface area contributed by atoms with Gasteiger partial charge in [-0.15, -0.1) is 12.4 Å². The molecule has 1 fully saturated rings. The van der Waals surface area contributed by atoms with Gasteiger partial charge in [0.1, 0.15) is 0 Å². The van der Waals surface area contributed by atoms with Gasteiger partial charge in [0.15, 0.2) is 5.82 Å². The van der Waals surface area contributed by atoms with Crippen LogP contribution in [0.5, 0.6) is 0 Å². The van der Waals surface area contributed by atoms with Crippen LogP contribution in [0, 0.1) is 0 Å². The van der Waals surface area contributed by atoms with Crippen molar-refractivity contribution in [2.75, 3.05) is 11.4 Å². The van der Waals surface area contributed by atoms with Gasteiger partial charge in [-0.2, -0.15) is 4.98 Å². The zero-order chi connectivity index (χ0) is 15.7. The molecule has 2 aromatic rings. The van der Waals surface area contributed by atoms with E-state index in [0.29, 0.717) is 17.8 Å². The lowest BCUT2D eigenvalue weighted by molar-refractivity contribution is 0.229. The van der Waals surface area contributed by atoms with Crippen molar-refractivity contribution in [3.63, 3.8) is 0 Å². The highest BCUT2D eigenvalue weighted by atomic mass is 35.5. The van der Waals surface area contributed by atoms with Crippen LogP contribution in [0.1, 0.15) is 45.9 Å². The first-order chi connectivity index (χ1) is 10.5. The van der Waals surface area contributed by atoms with Crippen LogP contribution in [0.15, 0.2) is 28.8 Å². The second-order valence-corrected chi connectivity index (χ2v) is 6.36. The summed E-state index contributed by atoms with van der Waals surface area (Å²) in [4.78, 5) is 6.83. The third kappa shape index (κ3) is 3.35. The minimum Gasteiger partial charge on any atom is -0.369 e. The molecule has 0 atom stereocenters. The summed E-state index contributed by atoms with van der Waals surface area (Å²) in [7, 11) is 0. The first kappa shape index (κ1) is 17.8. The molecule has 0 bridgehead atoms. The Hall–Kier alpha value is -1.59. The molecule has 0 aliphatic heterocycles. The summed E-state index contributed by atoms with van der Waals surface area (Å²) < 4.78 is 5.39. The van der Waals surface area contributed by atoms with Gasteiger partial charge in [0.05, 0.1) is 5.54 Å². The Bertz CT molecular complexity index is 634. The molecule has 1 aromatic heterocycles. The number of nitrogens with zero attached hydrogens (tertiary/aromatic N) is 3. The molecule has 23 heavy (non-hydrogen) atoms. The number of benzene rings is 1. The van der Waals surface area contributed by atoms with Crippen molar-refractivity contribution in [2.24, 2.45) is 5.73 Å². The van der Waals surface area contributed by atoms with Gasteiger partial charge >= 0.3 is 0 Å². The van der Waals surface area contributed by atoms with E-state index in [1.165, 1.54) is 5.69 Å². The number of aromatic nitrogens is 2. The number of rotatable bonds is 5. The molecule has 0 amide bonds. The Labute approximate surface area is 143 Å². The minimum atomic E-state index is -0.377. The fourth-order valence-electron chi connectivity index (χ4n) is 2.97. The van der Waals surface area contributed by atoms with Crippen molar-refractivity contribution >= 4 is 18.1 Å². The lowest BCUT2D eigenvalue weighted by Crippen LogP contribution is -2.44. The van der Waals surface area contributed by atoms with E-state index in [1.54, 1.807) is 0 Å². The number of hydrogen-bond donors (Lipinski definition) is 1. The van der Waals surface area contributed by atoms with Crippen LogP contribution in [0.2, 0.25) is 0 Å². The van der Waals surface area contributed by atoms with Crippen LogP contribution < -0.4 is 10.6 Å². The normalized spacial score (nSPS) is 15.9. The molecule has 126 valence electrons. The maximum Gasteiger partial charge on any atom is 0.257 e. The summed E-state index contributed by atoms with van der Waals surface area (Å²) >= 11 is 0. The van der Waals surface area contributed by atoms with Crippen molar-refractivity contribution < 1.29 is 4.52 Å². The van der Waals surface area contributed by atoms with E-state index >= 15 is 0 Å². The molecule has 5 nitrogen and oxygen atoms in total. The van der Waals surface area contributed by atoms with Crippen molar-refractivity contribution in [3.05, 3.63) is 30.1 Å². The summed E-state index contributed by atoms with van der Waals surface area (Å²) in [6, 6.07) is 8.74. The molecule has 6 heteroatoms. The SMILES string of the molecule is CCN(c1ccc(-c2nc(C3(N)CCC3)no2)cc1)C(C)C.Cl. The van der Waals surface area contributed by atoms with Crippen molar-refractivity contribution in [3.8, 4) is 11.5 Å². The van der Waals surface area contributed by atoms with E-state index in [1.807, 2.05) is 12.1 Å². The van der Waals surface area contributed by atoms with Crippen LogP contribution in [0.25, 0.3) is 11.5 Å². The molecule has 0 radical (unpaired) electrons. The maximum absolute atomic E-state index is 6.24. The largest absolute Gasteiger partial charge is 0.369 e. The van der Waals surface area contributed by atoms with Crippen LogP contribution in [0.3, 0.4) is 0 Å². The zero-order valence-electron chi connectivity index (χ0n) is 14.0. The third-order valence-electron chi connectivity index (χ3n) is 4.53. The van der Waals surface area contributed by atoms with E-state index in [4.69, 9.17) is 10.3 Å². The van der Waals surface area contributed by atoms with Crippen LogP contribution in [0.4, 0.5) is 5.69 Å². The molecular weight excluding hydrogens is 312 g/mol. The van der Waals surface area contributed by atoms with Crippen LogP contribution in [-0.4, -0.2) is 22.7 Å². The summed E-state index contributed by atoms with van der Waals surface area (Å²) in [6.45, 7) is 7.54. The average Bonchev–Trinajstić information content (AvgIpc) is 2.96. The molecule has 1 heterocycles. The average molecular weight is 337 g/mol. The number of hydrogen-bond acceptors (Lipinski definition) is 5. The molecule has 0 unspecified atom stereocenters. The first-order valence-corrected chi connectivity index (χ1v) is 8.03. The number of anilines is 1. The predicted molar refractivity (Wildman–Crippen MR) is 94.9 cm³/mol. The van der Waals surface area contributed by atoms with Crippen LogP contribution >= 0.6 is 12.4 Å². The fraction of sp³-hybridized carbons (Fsp3) is 0.529. The molecule has 1 aromatic carbocycles. The molecular formula is C17H25ClN4O. The summed E-state index contributed by atoms with van der Waals surface area (Å²) in [6.07, 6.45) is 3.01. The molecule has 0 saturated heterocycles. The van der Waals surface area contributed by atoms with Gasteiger partial charge in [-0.05, 0) is 64.3 Å². The summed E-state index contributed by atoms with van der Waals surface area (Å²) in [5.74, 6) is 1.18. The molecule has 0 spiro atoms. The number of halogens is 1. The van der Waals surface area contributed by atoms with E-state index in [9.17, 15) is 0 Å². The smallest absolute Gasteiger partial charge is 0.257 e. The predicted octanol–water partition coefficient (Wildman–Crippen LogP) is 3.73. The summed E-state index contributed by atoms with van der Waals surface area (Å²) in [5, 5.41) is 4.07. The molecule has 1 aliphatic rings. The second-order valence-electron chi connectivity index (χ2n) is 6.36.